The number of phenolic OH excluding ortho intramolecular Hbond substituents is 1. The van der Waals surface area contributed by atoms with Gasteiger partial charge in [0.25, 0.3) is 0 Å². The second kappa shape index (κ2) is 2.85. The summed E-state index contributed by atoms with van der Waals surface area (Å²) < 4.78 is 0. The fourth-order valence-electron chi connectivity index (χ4n) is 0.995. The Morgan fingerprint density at radius 2 is 2.08 bits per heavy atom. The van der Waals surface area contributed by atoms with Crippen LogP contribution in [0.4, 0.5) is 5.69 Å². The van der Waals surface area contributed by atoms with Crippen molar-refractivity contribution in [2.24, 2.45) is 0 Å². The van der Waals surface area contributed by atoms with Crippen molar-refractivity contribution in [1.29, 1.82) is 0 Å². The monoisotopic (exact) mass is 165 g/mol. The van der Waals surface area contributed by atoms with Crippen LogP contribution in [-0.2, 0) is 0 Å². The van der Waals surface area contributed by atoms with Crippen molar-refractivity contribution in [3.8, 4) is 5.75 Å². The number of hydrogen-bond donors (Lipinski definition) is 2. The number of nitrogen functional groups attached to an aromatic ring is 1. The van der Waals surface area contributed by atoms with E-state index in [2.05, 4.69) is 0 Å². The lowest BCUT2D eigenvalue weighted by Crippen LogP contribution is -1.96. The molecular formula is C9H11NO2. The highest BCUT2D eigenvalue weighted by atomic mass is 16.3. The lowest BCUT2D eigenvalue weighted by atomic mass is 10.1. The SMILES string of the molecule is CC(=O)c1cc(C)c(N)cc1O. The predicted octanol–water partition coefficient (Wildman–Crippen LogP) is 1.49. The van der Waals surface area contributed by atoms with Crippen LogP contribution in [0.2, 0.25) is 0 Å². The average molecular weight is 165 g/mol. The van der Waals surface area contributed by atoms with E-state index in [1.165, 1.54) is 13.0 Å². The summed E-state index contributed by atoms with van der Waals surface area (Å²) in [6.45, 7) is 3.20. The van der Waals surface area contributed by atoms with E-state index < -0.39 is 0 Å². The number of ketones is 1. The second-order valence-corrected chi connectivity index (χ2v) is 2.78. The van der Waals surface area contributed by atoms with Crippen LogP contribution in [0.15, 0.2) is 12.1 Å². The number of phenols is 1. The fourth-order valence-corrected chi connectivity index (χ4v) is 0.995. The van der Waals surface area contributed by atoms with Gasteiger partial charge < -0.3 is 10.8 Å². The molecule has 3 heteroatoms. The zero-order chi connectivity index (χ0) is 9.30. The molecule has 0 radical (unpaired) electrons. The number of aromatic hydroxyl groups is 1. The van der Waals surface area contributed by atoms with Gasteiger partial charge in [-0.1, -0.05) is 0 Å². The first-order valence-electron chi connectivity index (χ1n) is 3.62. The van der Waals surface area contributed by atoms with E-state index in [0.717, 1.165) is 5.56 Å². The number of nitrogens with two attached hydrogens (primary N) is 1. The van der Waals surface area contributed by atoms with E-state index in [0.29, 0.717) is 11.3 Å². The number of benzene rings is 1. The fraction of sp³-hybridized carbons (Fsp3) is 0.222. The smallest absolute Gasteiger partial charge is 0.163 e. The van der Waals surface area contributed by atoms with Gasteiger partial charge in [-0.05, 0) is 25.5 Å². The number of anilines is 1. The second-order valence-electron chi connectivity index (χ2n) is 2.78. The van der Waals surface area contributed by atoms with Crippen molar-refractivity contribution < 1.29 is 9.90 Å². The molecule has 0 aromatic heterocycles. The van der Waals surface area contributed by atoms with Crippen molar-refractivity contribution in [1.82, 2.24) is 0 Å². The van der Waals surface area contributed by atoms with Crippen LogP contribution in [0.25, 0.3) is 0 Å². The molecule has 0 bridgehead atoms. The number of aryl methyl sites for hydroxylation is 1. The standard InChI is InChI=1S/C9H11NO2/c1-5-3-7(6(2)11)9(12)4-8(5)10/h3-4,12H,10H2,1-2H3. The predicted molar refractivity (Wildman–Crippen MR) is 47.3 cm³/mol. The van der Waals surface area contributed by atoms with Gasteiger partial charge in [-0.2, -0.15) is 0 Å². The molecule has 0 fully saturated rings. The number of hydrogen-bond acceptors (Lipinski definition) is 3. The van der Waals surface area contributed by atoms with Gasteiger partial charge in [0.2, 0.25) is 0 Å². The number of rotatable bonds is 1. The summed E-state index contributed by atoms with van der Waals surface area (Å²) in [4.78, 5) is 10.9. The summed E-state index contributed by atoms with van der Waals surface area (Å²) in [5.74, 6) is -0.207. The highest BCUT2D eigenvalue weighted by Gasteiger charge is 2.07. The molecule has 0 heterocycles. The average Bonchev–Trinajstić information content (AvgIpc) is 1.96. The largest absolute Gasteiger partial charge is 0.507 e. The lowest BCUT2D eigenvalue weighted by molar-refractivity contribution is 0.101. The minimum Gasteiger partial charge on any atom is -0.507 e. The van der Waals surface area contributed by atoms with Crippen molar-refractivity contribution >= 4 is 11.5 Å². The van der Waals surface area contributed by atoms with Crippen LogP contribution < -0.4 is 5.73 Å². The van der Waals surface area contributed by atoms with E-state index >= 15 is 0 Å². The first-order valence-corrected chi connectivity index (χ1v) is 3.62. The molecule has 0 unspecified atom stereocenters. The van der Waals surface area contributed by atoms with Gasteiger partial charge in [0.1, 0.15) is 5.75 Å². The first kappa shape index (κ1) is 8.59. The van der Waals surface area contributed by atoms with Crippen molar-refractivity contribution in [3.63, 3.8) is 0 Å². The van der Waals surface area contributed by atoms with Gasteiger partial charge in [-0.3, -0.25) is 4.79 Å². The molecule has 0 saturated carbocycles. The Kier molecular flexibility index (Phi) is 2.04. The Bertz CT molecular complexity index is 332. The Balaban J connectivity index is 3.33. The van der Waals surface area contributed by atoms with E-state index in [1.54, 1.807) is 13.0 Å². The summed E-state index contributed by atoms with van der Waals surface area (Å²) in [5, 5.41) is 9.29. The Morgan fingerprint density at radius 1 is 1.50 bits per heavy atom. The third kappa shape index (κ3) is 1.39. The molecule has 1 aromatic carbocycles. The molecule has 0 saturated heterocycles. The van der Waals surface area contributed by atoms with E-state index in [9.17, 15) is 9.90 Å². The first-order chi connectivity index (χ1) is 5.52. The molecule has 1 aromatic rings. The quantitative estimate of drug-likeness (QED) is 0.489. The van der Waals surface area contributed by atoms with Crippen molar-refractivity contribution in [2.75, 3.05) is 5.73 Å². The maximum Gasteiger partial charge on any atom is 0.163 e. The van der Waals surface area contributed by atoms with Crippen LogP contribution in [0.5, 0.6) is 5.75 Å². The minimum atomic E-state index is -0.157. The molecule has 0 aliphatic heterocycles. The summed E-state index contributed by atoms with van der Waals surface area (Å²) >= 11 is 0. The number of carbonyl (C=O) groups excluding carboxylic acids is 1. The van der Waals surface area contributed by atoms with Crippen LogP contribution in [0.1, 0.15) is 22.8 Å². The topological polar surface area (TPSA) is 63.3 Å². The summed E-state index contributed by atoms with van der Waals surface area (Å²) in [6, 6.07) is 2.99. The molecule has 64 valence electrons. The van der Waals surface area contributed by atoms with E-state index in [-0.39, 0.29) is 11.5 Å². The van der Waals surface area contributed by atoms with Gasteiger partial charge in [0.15, 0.2) is 5.78 Å². The van der Waals surface area contributed by atoms with Gasteiger partial charge in [0.05, 0.1) is 5.56 Å². The molecule has 12 heavy (non-hydrogen) atoms. The lowest BCUT2D eigenvalue weighted by Gasteiger charge is -2.04. The van der Waals surface area contributed by atoms with Crippen LogP contribution in [-0.4, -0.2) is 10.9 Å². The molecule has 0 spiro atoms. The Hall–Kier alpha value is -1.51. The van der Waals surface area contributed by atoms with Gasteiger partial charge >= 0.3 is 0 Å². The number of Topliss-reactive ketones (excluding diaryl/α,β-unsaturated/α-hetero) is 1. The van der Waals surface area contributed by atoms with E-state index in [1.807, 2.05) is 0 Å². The normalized spacial score (nSPS) is 9.83. The maximum atomic E-state index is 10.9. The molecule has 0 atom stereocenters. The highest BCUT2D eigenvalue weighted by molar-refractivity contribution is 5.97. The third-order valence-electron chi connectivity index (χ3n) is 1.76. The van der Waals surface area contributed by atoms with Crippen LogP contribution >= 0.6 is 0 Å². The van der Waals surface area contributed by atoms with Crippen LogP contribution in [0.3, 0.4) is 0 Å². The zero-order valence-electron chi connectivity index (χ0n) is 7.09. The molecule has 3 nitrogen and oxygen atoms in total. The summed E-state index contributed by atoms with van der Waals surface area (Å²) in [5.41, 5.74) is 7.14. The van der Waals surface area contributed by atoms with Gasteiger partial charge in [0, 0.05) is 11.8 Å². The summed E-state index contributed by atoms with van der Waals surface area (Å²) in [6.07, 6.45) is 0. The molecule has 3 N–H and O–H groups in total. The molecule has 0 aliphatic carbocycles. The minimum absolute atomic E-state index is 0.0504. The van der Waals surface area contributed by atoms with Crippen LogP contribution in [0, 0.1) is 6.92 Å². The zero-order valence-corrected chi connectivity index (χ0v) is 7.09. The van der Waals surface area contributed by atoms with Gasteiger partial charge in [-0.25, -0.2) is 0 Å². The summed E-state index contributed by atoms with van der Waals surface area (Å²) in [7, 11) is 0. The maximum absolute atomic E-state index is 10.9. The molecule has 0 aliphatic rings. The molecular weight excluding hydrogens is 154 g/mol. The van der Waals surface area contributed by atoms with E-state index in [4.69, 9.17) is 5.73 Å². The third-order valence-corrected chi connectivity index (χ3v) is 1.76. The Morgan fingerprint density at radius 3 is 2.58 bits per heavy atom. The van der Waals surface area contributed by atoms with Gasteiger partial charge in [-0.15, -0.1) is 0 Å². The number of carbonyl (C=O) groups is 1. The molecule has 1 rings (SSSR count). The van der Waals surface area contributed by atoms with Crippen molar-refractivity contribution in [2.45, 2.75) is 13.8 Å². The molecule has 0 amide bonds. The van der Waals surface area contributed by atoms with Crippen molar-refractivity contribution in [3.05, 3.63) is 23.3 Å². The Labute approximate surface area is 70.8 Å². The highest BCUT2D eigenvalue weighted by Crippen LogP contribution is 2.23.